The predicted molar refractivity (Wildman–Crippen MR) is 48.2 cm³/mol. The number of hydrogen-bond acceptors (Lipinski definition) is 2. The fraction of sp³-hybridized carbons (Fsp3) is 0.556. The van der Waals surface area contributed by atoms with E-state index in [4.69, 9.17) is 0 Å². The summed E-state index contributed by atoms with van der Waals surface area (Å²) >= 11 is 0. The first-order valence-electron chi connectivity index (χ1n) is 4.42. The van der Waals surface area contributed by atoms with E-state index in [1.54, 1.807) is 11.6 Å². The van der Waals surface area contributed by atoms with Crippen LogP contribution in [0.5, 0.6) is 0 Å². The van der Waals surface area contributed by atoms with Gasteiger partial charge in [0, 0.05) is 32.1 Å². The Morgan fingerprint density at radius 2 is 2.54 bits per heavy atom. The van der Waals surface area contributed by atoms with E-state index in [0.29, 0.717) is 12.0 Å². The monoisotopic (exact) mass is 179 g/mol. The number of aryl methyl sites for hydroxylation is 1. The van der Waals surface area contributed by atoms with Crippen molar-refractivity contribution in [3.63, 3.8) is 0 Å². The molecule has 0 radical (unpaired) electrons. The molecule has 70 valence electrons. The summed E-state index contributed by atoms with van der Waals surface area (Å²) in [6.07, 6.45) is 4.92. The Balaban J connectivity index is 1.96. The average Bonchev–Trinajstić information content (AvgIpc) is 2.63. The minimum atomic E-state index is 0.0522. The summed E-state index contributed by atoms with van der Waals surface area (Å²) in [5.41, 5.74) is 1.22. The van der Waals surface area contributed by atoms with Crippen LogP contribution < -0.4 is 5.32 Å². The van der Waals surface area contributed by atoms with E-state index < -0.39 is 0 Å². The molecule has 0 aliphatic heterocycles. The second-order valence-corrected chi connectivity index (χ2v) is 3.60. The SMILES string of the molecule is CC(=O)N[C@@H]1C[C@H]1c1cnn(C)c1. The molecule has 4 heteroatoms. The van der Waals surface area contributed by atoms with Gasteiger partial charge in [-0.05, 0) is 12.0 Å². The second kappa shape index (κ2) is 2.87. The van der Waals surface area contributed by atoms with Gasteiger partial charge >= 0.3 is 0 Å². The van der Waals surface area contributed by atoms with Gasteiger partial charge in [-0.25, -0.2) is 0 Å². The van der Waals surface area contributed by atoms with Gasteiger partial charge in [-0.3, -0.25) is 9.48 Å². The van der Waals surface area contributed by atoms with Crippen LogP contribution in [-0.4, -0.2) is 21.7 Å². The minimum Gasteiger partial charge on any atom is -0.353 e. The highest BCUT2D eigenvalue weighted by molar-refractivity contribution is 5.73. The van der Waals surface area contributed by atoms with Gasteiger partial charge in [0.05, 0.1) is 6.20 Å². The van der Waals surface area contributed by atoms with E-state index in [-0.39, 0.29) is 5.91 Å². The molecule has 1 fully saturated rings. The smallest absolute Gasteiger partial charge is 0.217 e. The summed E-state index contributed by atoms with van der Waals surface area (Å²) in [6.45, 7) is 1.55. The van der Waals surface area contributed by atoms with E-state index in [0.717, 1.165) is 6.42 Å². The highest BCUT2D eigenvalue weighted by Crippen LogP contribution is 2.40. The lowest BCUT2D eigenvalue weighted by atomic mass is 10.2. The molecular weight excluding hydrogens is 166 g/mol. The Bertz CT molecular complexity index is 331. The molecule has 0 aromatic carbocycles. The third-order valence-electron chi connectivity index (χ3n) is 2.33. The van der Waals surface area contributed by atoms with Crippen molar-refractivity contribution in [2.45, 2.75) is 25.3 Å². The lowest BCUT2D eigenvalue weighted by Gasteiger charge is -1.97. The fourth-order valence-electron chi connectivity index (χ4n) is 1.62. The van der Waals surface area contributed by atoms with Crippen molar-refractivity contribution in [1.82, 2.24) is 15.1 Å². The van der Waals surface area contributed by atoms with Gasteiger partial charge in [0.15, 0.2) is 0 Å². The number of amides is 1. The molecule has 1 aromatic heterocycles. The number of aromatic nitrogens is 2. The molecule has 2 rings (SSSR count). The van der Waals surface area contributed by atoms with Crippen LogP contribution in [0.2, 0.25) is 0 Å². The standard InChI is InChI=1S/C9H13N3O/c1-6(13)11-9-3-8(9)7-4-10-12(2)5-7/h4-5,8-9H,3H2,1-2H3,(H,11,13)/t8-,9+/m0/s1. The number of carbonyl (C=O) groups is 1. The maximum Gasteiger partial charge on any atom is 0.217 e. The normalized spacial score (nSPS) is 25.7. The Morgan fingerprint density at radius 1 is 1.77 bits per heavy atom. The van der Waals surface area contributed by atoms with Gasteiger partial charge < -0.3 is 5.32 Å². The summed E-state index contributed by atoms with van der Waals surface area (Å²) in [7, 11) is 1.90. The third kappa shape index (κ3) is 1.71. The van der Waals surface area contributed by atoms with Gasteiger partial charge in [-0.15, -0.1) is 0 Å². The molecule has 1 aromatic rings. The molecule has 0 spiro atoms. The van der Waals surface area contributed by atoms with E-state index in [1.807, 2.05) is 19.4 Å². The summed E-state index contributed by atoms with van der Waals surface area (Å²) < 4.78 is 1.79. The Hall–Kier alpha value is -1.32. The lowest BCUT2D eigenvalue weighted by Crippen LogP contribution is -2.23. The summed E-state index contributed by atoms with van der Waals surface area (Å²) in [5.74, 6) is 0.536. The van der Waals surface area contributed by atoms with Gasteiger partial charge in [0.2, 0.25) is 5.91 Å². The molecular formula is C9H13N3O. The molecule has 1 N–H and O–H groups in total. The second-order valence-electron chi connectivity index (χ2n) is 3.60. The van der Waals surface area contributed by atoms with E-state index in [1.165, 1.54) is 5.56 Å². The summed E-state index contributed by atoms with van der Waals surface area (Å²) in [6, 6.07) is 0.335. The Morgan fingerprint density at radius 3 is 3.08 bits per heavy atom. The van der Waals surface area contributed by atoms with Crippen molar-refractivity contribution in [2.75, 3.05) is 0 Å². The molecule has 2 atom stereocenters. The lowest BCUT2D eigenvalue weighted by molar-refractivity contribution is -0.119. The zero-order valence-corrected chi connectivity index (χ0v) is 7.82. The van der Waals surface area contributed by atoms with Crippen molar-refractivity contribution in [1.29, 1.82) is 0 Å². The largest absolute Gasteiger partial charge is 0.353 e. The zero-order valence-electron chi connectivity index (χ0n) is 7.82. The highest BCUT2D eigenvalue weighted by atomic mass is 16.1. The number of nitrogens with zero attached hydrogens (tertiary/aromatic N) is 2. The third-order valence-corrected chi connectivity index (χ3v) is 2.33. The minimum absolute atomic E-state index is 0.0522. The van der Waals surface area contributed by atoms with Crippen LogP contribution in [0.3, 0.4) is 0 Å². The topological polar surface area (TPSA) is 46.9 Å². The van der Waals surface area contributed by atoms with Crippen LogP contribution in [0, 0.1) is 0 Å². The van der Waals surface area contributed by atoms with Gasteiger partial charge in [-0.1, -0.05) is 0 Å². The number of rotatable bonds is 2. The van der Waals surface area contributed by atoms with Crippen molar-refractivity contribution in [3.8, 4) is 0 Å². The number of carbonyl (C=O) groups excluding carboxylic acids is 1. The Kier molecular flexibility index (Phi) is 1.83. The Labute approximate surface area is 76.9 Å². The number of hydrogen-bond donors (Lipinski definition) is 1. The van der Waals surface area contributed by atoms with Gasteiger partial charge in [0.1, 0.15) is 0 Å². The quantitative estimate of drug-likeness (QED) is 0.715. The van der Waals surface area contributed by atoms with Crippen LogP contribution in [0.4, 0.5) is 0 Å². The van der Waals surface area contributed by atoms with Crippen LogP contribution in [0.25, 0.3) is 0 Å². The number of nitrogens with one attached hydrogen (secondary N) is 1. The molecule has 1 aliphatic rings. The van der Waals surface area contributed by atoms with Crippen molar-refractivity contribution >= 4 is 5.91 Å². The van der Waals surface area contributed by atoms with Crippen LogP contribution in [0.15, 0.2) is 12.4 Å². The zero-order chi connectivity index (χ0) is 9.42. The van der Waals surface area contributed by atoms with Crippen LogP contribution >= 0.6 is 0 Å². The predicted octanol–water partition coefficient (Wildman–Crippen LogP) is 0.412. The van der Waals surface area contributed by atoms with Crippen molar-refractivity contribution in [3.05, 3.63) is 18.0 Å². The molecule has 1 aliphatic carbocycles. The molecule has 13 heavy (non-hydrogen) atoms. The molecule has 1 heterocycles. The van der Waals surface area contributed by atoms with E-state index >= 15 is 0 Å². The van der Waals surface area contributed by atoms with Crippen LogP contribution in [-0.2, 0) is 11.8 Å². The molecule has 4 nitrogen and oxygen atoms in total. The molecule has 0 saturated heterocycles. The molecule has 1 saturated carbocycles. The van der Waals surface area contributed by atoms with Gasteiger partial charge in [0.25, 0.3) is 0 Å². The molecule has 0 unspecified atom stereocenters. The van der Waals surface area contributed by atoms with E-state index in [9.17, 15) is 4.79 Å². The summed E-state index contributed by atoms with van der Waals surface area (Å²) in [4.78, 5) is 10.7. The van der Waals surface area contributed by atoms with Crippen LogP contribution in [0.1, 0.15) is 24.8 Å². The highest BCUT2D eigenvalue weighted by Gasteiger charge is 2.39. The first kappa shape index (κ1) is 8.29. The summed E-state index contributed by atoms with van der Waals surface area (Å²) in [5, 5.41) is 6.99. The average molecular weight is 179 g/mol. The maximum absolute atomic E-state index is 10.7. The first-order chi connectivity index (χ1) is 6.16. The van der Waals surface area contributed by atoms with Gasteiger partial charge in [-0.2, -0.15) is 5.10 Å². The fourth-order valence-corrected chi connectivity index (χ4v) is 1.62. The molecule has 0 bridgehead atoms. The van der Waals surface area contributed by atoms with Crippen molar-refractivity contribution < 1.29 is 4.79 Å². The maximum atomic E-state index is 10.7. The van der Waals surface area contributed by atoms with Crippen molar-refractivity contribution in [2.24, 2.45) is 7.05 Å². The first-order valence-corrected chi connectivity index (χ1v) is 4.42. The molecule has 1 amide bonds. The van der Waals surface area contributed by atoms with E-state index in [2.05, 4.69) is 10.4 Å².